The van der Waals surface area contributed by atoms with Crippen LogP contribution in [0.5, 0.6) is 11.5 Å². The van der Waals surface area contributed by atoms with E-state index >= 15 is 0 Å². The molecule has 1 aliphatic carbocycles. The molecule has 4 rings (SSSR count). The van der Waals surface area contributed by atoms with E-state index in [9.17, 15) is 14.4 Å². The molecule has 1 aliphatic heterocycles. The number of fused-ring (bicyclic) bond motifs is 1. The second-order valence-corrected chi connectivity index (χ2v) is 7.46. The molecule has 0 unspecified atom stereocenters. The summed E-state index contributed by atoms with van der Waals surface area (Å²) < 4.78 is 16.1. The molecule has 2 aliphatic rings. The summed E-state index contributed by atoms with van der Waals surface area (Å²) in [6.07, 6.45) is 3.74. The second-order valence-electron chi connectivity index (χ2n) is 7.46. The van der Waals surface area contributed by atoms with Crippen LogP contribution in [0.3, 0.4) is 0 Å². The van der Waals surface area contributed by atoms with Crippen LogP contribution in [0.1, 0.15) is 0 Å². The van der Waals surface area contributed by atoms with Gasteiger partial charge in [-0.25, -0.2) is 9.97 Å². The van der Waals surface area contributed by atoms with E-state index in [1.807, 2.05) is 0 Å². The van der Waals surface area contributed by atoms with Gasteiger partial charge in [0.15, 0.2) is 11.5 Å². The summed E-state index contributed by atoms with van der Waals surface area (Å²) in [6, 6.07) is 3.38. The number of benzene rings is 1. The first-order valence-corrected chi connectivity index (χ1v) is 10.1. The van der Waals surface area contributed by atoms with Crippen molar-refractivity contribution < 1.29 is 33.7 Å². The minimum absolute atomic E-state index is 0.0541. The summed E-state index contributed by atoms with van der Waals surface area (Å²) in [5.74, 6) is -1.00. The number of carbonyl (C=O) groups excluding carboxylic acids is 2. The Bertz CT molecular complexity index is 1180. The van der Waals surface area contributed by atoms with Gasteiger partial charge in [0, 0.05) is 43.8 Å². The molecule has 0 saturated carbocycles. The van der Waals surface area contributed by atoms with E-state index in [4.69, 9.17) is 19.3 Å². The Balaban J connectivity index is 1.55. The van der Waals surface area contributed by atoms with Crippen LogP contribution in [0.4, 0.5) is 5.82 Å². The third kappa shape index (κ3) is 4.48. The molecule has 0 radical (unpaired) electrons. The van der Waals surface area contributed by atoms with Crippen LogP contribution in [0.25, 0.3) is 10.9 Å². The number of ketones is 2. The predicted octanol–water partition coefficient (Wildman–Crippen LogP) is 1.01. The number of methoxy groups -OCH3 is 2. The van der Waals surface area contributed by atoms with Gasteiger partial charge in [-0.05, 0) is 6.07 Å². The van der Waals surface area contributed by atoms with Crippen LogP contribution >= 0.6 is 0 Å². The van der Waals surface area contributed by atoms with E-state index in [2.05, 4.69) is 15.3 Å². The predicted molar refractivity (Wildman–Crippen MR) is 116 cm³/mol. The van der Waals surface area contributed by atoms with Crippen molar-refractivity contribution in [1.29, 1.82) is 0 Å². The summed E-state index contributed by atoms with van der Waals surface area (Å²) in [4.78, 5) is 46.3. The number of likely N-dealkylation sites (tertiary alicyclic amines) is 1. The molecule has 0 amide bonds. The average Bonchev–Trinajstić information content (AvgIpc) is 2.75. The van der Waals surface area contributed by atoms with Crippen molar-refractivity contribution in [2.24, 2.45) is 5.92 Å². The summed E-state index contributed by atoms with van der Waals surface area (Å²) in [6.45, 7) is 1.13. The Morgan fingerprint density at radius 2 is 1.91 bits per heavy atom. The standard InChI is InChI=1S/C22H22N4O7/c1-31-3-4-33-20-7-14-13(5-19(20)32-2)21(24-11-23-14)25-15-6-18(28)16(8-17(15)27)26-9-12(10-26)22(29)30/h5-8,11-12H,3-4,9-10H2,1-2H3,(H,29,30)(H,23,24,25). The van der Waals surface area contributed by atoms with E-state index in [-0.39, 0.29) is 30.3 Å². The number of carboxylic acids is 1. The molecule has 1 saturated heterocycles. The number of carbonyl (C=O) groups is 3. The maximum atomic E-state index is 12.7. The number of hydrogen-bond donors (Lipinski definition) is 2. The normalized spacial score (nSPS) is 16.2. The van der Waals surface area contributed by atoms with Gasteiger partial charge in [-0.15, -0.1) is 0 Å². The molecule has 1 fully saturated rings. The van der Waals surface area contributed by atoms with Crippen LogP contribution < -0.4 is 14.8 Å². The SMILES string of the molecule is COCCOc1cc2ncnc(NC3=CC(=O)C(N4CC(C(=O)O)C4)=CC3=O)c2cc1OC. The summed E-state index contributed by atoms with van der Waals surface area (Å²) >= 11 is 0. The van der Waals surface area contributed by atoms with Crippen LogP contribution in [-0.2, 0) is 19.1 Å². The van der Waals surface area contributed by atoms with Gasteiger partial charge in [-0.3, -0.25) is 14.4 Å². The van der Waals surface area contributed by atoms with Crippen LogP contribution in [0.2, 0.25) is 0 Å². The third-order valence-electron chi connectivity index (χ3n) is 5.35. The minimum Gasteiger partial charge on any atom is -0.493 e. The highest BCUT2D eigenvalue weighted by molar-refractivity contribution is 6.21. The number of aliphatic carboxylic acids is 1. The van der Waals surface area contributed by atoms with Crippen molar-refractivity contribution in [2.45, 2.75) is 0 Å². The van der Waals surface area contributed by atoms with Crippen LogP contribution in [0, 0.1) is 5.92 Å². The summed E-state index contributed by atoms with van der Waals surface area (Å²) in [5, 5.41) is 12.5. The Kier molecular flexibility index (Phi) is 6.22. The van der Waals surface area contributed by atoms with E-state index in [0.717, 1.165) is 0 Å². The minimum atomic E-state index is -0.919. The number of anilines is 1. The van der Waals surface area contributed by atoms with Gasteiger partial charge in [0.25, 0.3) is 0 Å². The lowest BCUT2D eigenvalue weighted by Crippen LogP contribution is -2.51. The molecule has 1 aromatic carbocycles. The highest BCUT2D eigenvalue weighted by Crippen LogP contribution is 2.34. The Morgan fingerprint density at radius 3 is 2.61 bits per heavy atom. The second kappa shape index (κ2) is 9.25. The lowest BCUT2D eigenvalue weighted by atomic mass is 9.96. The van der Waals surface area contributed by atoms with Crippen molar-refractivity contribution in [3.05, 3.63) is 42.0 Å². The first kappa shape index (κ1) is 22.2. The molecule has 2 heterocycles. The van der Waals surface area contributed by atoms with Gasteiger partial charge < -0.3 is 29.5 Å². The first-order valence-electron chi connectivity index (χ1n) is 10.1. The van der Waals surface area contributed by atoms with Gasteiger partial charge in [-0.2, -0.15) is 0 Å². The molecule has 2 N–H and O–H groups in total. The van der Waals surface area contributed by atoms with Gasteiger partial charge in [0.2, 0.25) is 11.6 Å². The zero-order chi connectivity index (χ0) is 23.5. The van der Waals surface area contributed by atoms with E-state index in [0.29, 0.717) is 41.4 Å². The molecule has 1 aromatic heterocycles. The number of aromatic nitrogens is 2. The fourth-order valence-electron chi connectivity index (χ4n) is 3.52. The number of nitrogens with zero attached hydrogens (tertiary/aromatic N) is 3. The highest BCUT2D eigenvalue weighted by Gasteiger charge is 2.37. The lowest BCUT2D eigenvalue weighted by Gasteiger charge is -2.39. The van der Waals surface area contributed by atoms with Crippen molar-refractivity contribution in [3.8, 4) is 11.5 Å². The molecule has 11 heteroatoms. The number of allylic oxidation sites excluding steroid dienone is 2. The summed E-state index contributed by atoms with van der Waals surface area (Å²) in [7, 11) is 3.08. The Labute approximate surface area is 188 Å². The fraction of sp³-hybridized carbons (Fsp3) is 0.318. The van der Waals surface area contributed by atoms with Crippen LogP contribution in [0.15, 0.2) is 42.0 Å². The molecule has 0 atom stereocenters. The number of carboxylic acid groups (broad SMARTS) is 1. The number of hydrogen-bond acceptors (Lipinski definition) is 10. The number of rotatable bonds is 9. The molecule has 11 nitrogen and oxygen atoms in total. The summed E-state index contributed by atoms with van der Waals surface area (Å²) in [5.41, 5.74) is 0.793. The van der Waals surface area contributed by atoms with Gasteiger partial charge >= 0.3 is 5.97 Å². The highest BCUT2D eigenvalue weighted by atomic mass is 16.5. The lowest BCUT2D eigenvalue weighted by molar-refractivity contribution is -0.147. The largest absolute Gasteiger partial charge is 0.493 e. The fourth-order valence-corrected chi connectivity index (χ4v) is 3.52. The van der Waals surface area contributed by atoms with E-state index < -0.39 is 17.7 Å². The van der Waals surface area contributed by atoms with Gasteiger partial charge in [-0.1, -0.05) is 0 Å². The molecule has 33 heavy (non-hydrogen) atoms. The Morgan fingerprint density at radius 1 is 1.12 bits per heavy atom. The number of nitrogens with one attached hydrogen (secondary N) is 1. The third-order valence-corrected chi connectivity index (χ3v) is 5.35. The topological polar surface area (TPSA) is 140 Å². The quantitative estimate of drug-likeness (QED) is 0.414. The molecule has 0 spiro atoms. The van der Waals surface area contributed by atoms with Gasteiger partial charge in [0.05, 0.1) is 36.5 Å². The van der Waals surface area contributed by atoms with E-state index in [1.165, 1.54) is 25.6 Å². The smallest absolute Gasteiger partial charge is 0.310 e. The van der Waals surface area contributed by atoms with E-state index in [1.54, 1.807) is 24.1 Å². The van der Waals surface area contributed by atoms with Crippen molar-refractivity contribution in [1.82, 2.24) is 14.9 Å². The molecular weight excluding hydrogens is 432 g/mol. The molecular formula is C22H22N4O7. The Hall–Kier alpha value is -3.99. The van der Waals surface area contributed by atoms with Gasteiger partial charge in [0.1, 0.15) is 18.8 Å². The molecule has 172 valence electrons. The van der Waals surface area contributed by atoms with Crippen molar-refractivity contribution in [3.63, 3.8) is 0 Å². The zero-order valence-electron chi connectivity index (χ0n) is 18.0. The maximum absolute atomic E-state index is 12.7. The molecule has 0 bridgehead atoms. The molecule has 2 aromatic rings. The first-order chi connectivity index (χ1) is 15.9. The maximum Gasteiger partial charge on any atom is 0.310 e. The van der Waals surface area contributed by atoms with Crippen LogP contribution in [-0.4, -0.2) is 78.0 Å². The monoisotopic (exact) mass is 454 g/mol. The number of ether oxygens (including phenoxy) is 3. The zero-order valence-corrected chi connectivity index (χ0v) is 18.0. The van der Waals surface area contributed by atoms with Crippen molar-refractivity contribution in [2.75, 3.05) is 45.8 Å². The average molecular weight is 454 g/mol. The van der Waals surface area contributed by atoms with Crippen molar-refractivity contribution >= 4 is 34.3 Å².